The fourth-order valence-corrected chi connectivity index (χ4v) is 4.64. The molecule has 0 aliphatic rings. The largest absolute Gasteiger partial charge is 0.467 e. The van der Waals surface area contributed by atoms with Crippen molar-refractivity contribution in [3.8, 4) is 0 Å². The van der Waals surface area contributed by atoms with E-state index in [4.69, 9.17) is 4.42 Å². The number of nitrogens with zero attached hydrogens (tertiary/aromatic N) is 2. The molecule has 4 aromatic rings. The highest BCUT2D eigenvalue weighted by molar-refractivity contribution is 7.99. The van der Waals surface area contributed by atoms with Gasteiger partial charge in [0.05, 0.1) is 30.6 Å². The molecule has 6 nitrogen and oxygen atoms in total. The molecule has 30 heavy (non-hydrogen) atoms. The van der Waals surface area contributed by atoms with Crippen molar-refractivity contribution in [2.45, 2.75) is 32.1 Å². The molecule has 0 aliphatic carbocycles. The Labute approximate surface area is 181 Å². The zero-order valence-corrected chi connectivity index (χ0v) is 18.3. The van der Waals surface area contributed by atoms with Crippen LogP contribution in [0.2, 0.25) is 0 Å². The highest BCUT2D eigenvalue weighted by Crippen LogP contribution is 2.22. The van der Waals surface area contributed by atoms with Gasteiger partial charge in [-0.1, -0.05) is 30.0 Å². The number of aromatic nitrogens is 2. The molecule has 0 atom stereocenters. The minimum Gasteiger partial charge on any atom is -0.467 e. The van der Waals surface area contributed by atoms with E-state index in [2.05, 4.69) is 36.3 Å². The first-order valence-electron chi connectivity index (χ1n) is 9.47. The fourth-order valence-electron chi connectivity index (χ4n) is 3.04. The molecule has 3 aromatic heterocycles. The van der Waals surface area contributed by atoms with Crippen LogP contribution in [0.5, 0.6) is 0 Å². The zero-order chi connectivity index (χ0) is 21.1. The van der Waals surface area contributed by atoms with E-state index in [1.54, 1.807) is 23.0 Å². The van der Waals surface area contributed by atoms with Crippen molar-refractivity contribution in [2.75, 3.05) is 5.75 Å². The molecule has 0 saturated carbocycles. The van der Waals surface area contributed by atoms with E-state index in [0.717, 1.165) is 5.56 Å². The van der Waals surface area contributed by atoms with Gasteiger partial charge in [-0.3, -0.25) is 14.2 Å². The van der Waals surface area contributed by atoms with E-state index in [0.29, 0.717) is 34.2 Å². The van der Waals surface area contributed by atoms with E-state index >= 15 is 0 Å². The van der Waals surface area contributed by atoms with Gasteiger partial charge in [-0.2, -0.15) is 0 Å². The van der Waals surface area contributed by atoms with Gasteiger partial charge in [0.2, 0.25) is 5.91 Å². The molecule has 154 valence electrons. The Hall–Kier alpha value is -2.84. The standard InChI is InChI=1S/C22H21N3O3S2/c1-14-5-6-16(10-15(14)2)12-25-21(27)20-18(7-9-29-20)24-22(25)30-13-19(26)23-11-17-4-3-8-28-17/h3-10H,11-13H2,1-2H3,(H,23,26). The number of aryl methyl sites for hydroxylation is 2. The van der Waals surface area contributed by atoms with Crippen LogP contribution in [0.4, 0.5) is 0 Å². The topological polar surface area (TPSA) is 77.1 Å². The van der Waals surface area contributed by atoms with Gasteiger partial charge in [-0.15, -0.1) is 11.3 Å². The lowest BCUT2D eigenvalue weighted by atomic mass is 10.1. The number of thioether (sulfide) groups is 1. The van der Waals surface area contributed by atoms with Gasteiger partial charge in [0.15, 0.2) is 5.16 Å². The summed E-state index contributed by atoms with van der Waals surface area (Å²) in [7, 11) is 0. The molecule has 1 N–H and O–H groups in total. The Bertz CT molecular complexity index is 1240. The lowest BCUT2D eigenvalue weighted by Gasteiger charge is -2.13. The molecule has 8 heteroatoms. The van der Waals surface area contributed by atoms with Gasteiger partial charge in [0.25, 0.3) is 5.56 Å². The molecule has 0 fully saturated rings. The van der Waals surface area contributed by atoms with Crippen molar-refractivity contribution in [2.24, 2.45) is 0 Å². The minimum absolute atomic E-state index is 0.0771. The van der Waals surface area contributed by atoms with Gasteiger partial charge >= 0.3 is 0 Å². The quantitative estimate of drug-likeness (QED) is 0.346. The lowest BCUT2D eigenvalue weighted by Crippen LogP contribution is -2.26. The minimum atomic E-state index is -0.145. The highest BCUT2D eigenvalue weighted by Gasteiger charge is 2.15. The third kappa shape index (κ3) is 4.49. The number of rotatable bonds is 7. The molecular formula is C22H21N3O3S2. The summed E-state index contributed by atoms with van der Waals surface area (Å²) >= 11 is 2.65. The van der Waals surface area contributed by atoms with Gasteiger partial charge in [0, 0.05) is 0 Å². The molecule has 4 rings (SSSR count). The summed E-state index contributed by atoms with van der Waals surface area (Å²) in [6.07, 6.45) is 1.57. The van der Waals surface area contributed by atoms with Crippen molar-refractivity contribution in [3.05, 3.63) is 80.8 Å². The molecule has 0 spiro atoms. The van der Waals surface area contributed by atoms with Crippen LogP contribution in [-0.2, 0) is 17.9 Å². The number of nitrogens with one attached hydrogen (secondary N) is 1. The Morgan fingerprint density at radius 1 is 1.23 bits per heavy atom. The number of fused-ring (bicyclic) bond motifs is 1. The average Bonchev–Trinajstić information content (AvgIpc) is 3.42. The van der Waals surface area contributed by atoms with E-state index in [1.165, 1.54) is 34.2 Å². The van der Waals surface area contributed by atoms with Crippen molar-refractivity contribution in [3.63, 3.8) is 0 Å². The Balaban J connectivity index is 1.56. The number of carbonyl (C=O) groups excluding carboxylic acids is 1. The molecule has 1 amide bonds. The molecule has 0 saturated heterocycles. The molecular weight excluding hydrogens is 418 g/mol. The molecule has 3 heterocycles. The molecule has 1 aromatic carbocycles. The Kier molecular flexibility index (Phi) is 6.06. The summed E-state index contributed by atoms with van der Waals surface area (Å²) in [5.74, 6) is 0.710. The number of hydrogen-bond donors (Lipinski definition) is 1. The second-order valence-electron chi connectivity index (χ2n) is 6.98. The first kappa shape index (κ1) is 20.4. The number of benzene rings is 1. The van der Waals surface area contributed by atoms with E-state index in [-0.39, 0.29) is 17.2 Å². The summed E-state index contributed by atoms with van der Waals surface area (Å²) in [4.78, 5) is 30.0. The van der Waals surface area contributed by atoms with Crippen LogP contribution in [0.1, 0.15) is 22.5 Å². The highest BCUT2D eigenvalue weighted by atomic mass is 32.2. The summed E-state index contributed by atoms with van der Waals surface area (Å²) in [5, 5.41) is 5.22. The van der Waals surface area contributed by atoms with Crippen LogP contribution >= 0.6 is 23.1 Å². The summed E-state index contributed by atoms with van der Waals surface area (Å²) in [6, 6.07) is 11.6. The molecule has 0 bridgehead atoms. The zero-order valence-electron chi connectivity index (χ0n) is 16.7. The maximum Gasteiger partial charge on any atom is 0.272 e. The van der Waals surface area contributed by atoms with Crippen LogP contribution in [0.25, 0.3) is 10.2 Å². The van der Waals surface area contributed by atoms with Crippen molar-refractivity contribution in [1.82, 2.24) is 14.9 Å². The first-order valence-corrected chi connectivity index (χ1v) is 11.3. The number of thiophene rings is 1. The maximum atomic E-state index is 13.1. The fraction of sp³-hybridized carbons (Fsp3) is 0.227. The number of hydrogen-bond acceptors (Lipinski definition) is 6. The van der Waals surface area contributed by atoms with Gasteiger partial charge in [-0.25, -0.2) is 4.98 Å². The van der Waals surface area contributed by atoms with Crippen LogP contribution in [0.3, 0.4) is 0 Å². The average molecular weight is 440 g/mol. The van der Waals surface area contributed by atoms with Crippen molar-refractivity contribution < 1.29 is 9.21 Å². The van der Waals surface area contributed by atoms with Gasteiger partial charge in [0.1, 0.15) is 10.5 Å². The Morgan fingerprint density at radius 2 is 2.10 bits per heavy atom. The normalized spacial score (nSPS) is 11.1. The smallest absolute Gasteiger partial charge is 0.272 e. The molecule has 0 unspecified atom stereocenters. The second-order valence-corrected chi connectivity index (χ2v) is 8.84. The first-order chi connectivity index (χ1) is 14.5. The van der Waals surface area contributed by atoms with Crippen molar-refractivity contribution in [1.29, 1.82) is 0 Å². The Morgan fingerprint density at radius 3 is 2.87 bits per heavy atom. The van der Waals surface area contributed by atoms with E-state index in [9.17, 15) is 9.59 Å². The summed E-state index contributed by atoms with van der Waals surface area (Å²) in [6.45, 7) is 4.87. The SMILES string of the molecule is Cc1ccc(Cn2c(SCC(=O)NCc3ccco3)nc3ccsc3c2=O)cc1C. The predicted molar refractivity (Wildman–Crippen MR) is 120 cm³/mol. The monoisotopic (exact) mass is 439 g/mol. The number of furan rings is 1. The van der Waals surface area contributed by atoms with Crippen molar-refractivity contribution >= 4 is 39.2 Å². The van der Waals surface area contributed by atoms with E-state index in [1.807, 2.05) is 17.5 Å². The van der Waals surface area contributed by atoms with Gasteiger partial charge < -0.3 is 9.73 Å². The summed E-state index contributed by atoms with van der Waals surface area (Å²) < 4.78 is 7.52. The second kappa shape index (κ2) is 8.89. The predicted octanol–water partition coefficient (Wildman–Crippen LogP) is 4.12. The molecule has 0 aliphatic heterocycles. The van der Waals surface area contributed by atoms with Gasteiger partial charge in [-0.05, 0) is 54.1 Å². The molecule has 0 radical (unpaired) electrons. The van der Waals surface area contributed by atoms with Crippen LogP contribution in [-0.4, -0.2) is 21.2 Å². The number of amides is 1. The van der Waals surface area contributed by atoms with Crippen LogP contribution in [0, 0.1) is 13.8 Å². The summed E-state index contributed by atoms with van der Waals surface area (Å²) in [5.41, 5.74) is 4.01. The van der Waals surface area contributed by atoms with E-state index < -0.39 is 0 Å². The third-order valence-corrected chi connectivity index (χ3v) is 6.68. The number of carbonyl (C=O) groups is 1. The maximum absolute atomic E-state index is 13.1. The van der Waals surface area contributed by atoms with Crippen LogP contribution in [0.15, 0.2) is 62.4 Å². The third-order valence-electron chi connectivity index (χ3n) is 4.82. The lowest BCUT2D eigenvalue weighted by molar-refractivity contribution is -0.118. The van der Waals surface area contributed by atoms with Crippen LogP contribution < -0.4 is 10.9 Å².